The fourth-order valence-corrected chi connectivity index (χ4v) is 2.27. The number of aromatic amines is 1. The first kappa shape index (κ1) is 14.8. The highest BCUT2D eigenvalue weighted by Crippen LogP contribution is 2.35. The number of ether oxygens (including phenoxy) is 1. The van der Waals surface area contributed by atoms with Crippen LogP contribution in [-0.4, -0.2) is 23.6 Å². The monoisotopic (exact) mass is 302 g/mol. The van der Waals surface area contributed by atoms with Crippen LogP contribution in [0.25, 0.3) is 0 Å². The lowest BCUT2D eigenvalue weighted by atomic mass is 10.0. The van der Waals surface area contributed by atoms with Gasteiger partial charge in [0, 0.05) is 11.3 Å². The minimum absolute atomic E-state index is 0.0220. The lowest BCUT2D eigenvalue weighted by molar-refractivity contribution is -0.141. The van der Waals surface area contributed by atoms with Crippen molar-refractivity contribution in [1.29, 1.82) is 0 Å². The molecule has 0 atom stereocenters. The number of nitrogens with zero attached hydrogens (tertiary/aromatic N) is 1. The molecule has 0 fully saturated rings. The first-order chi connectivity index (χ1) is 9.45. The van der Waals surface area contributed by atoms with Crippen molar-refractivity contribution in [2.45, 2.75) is 17.5 Å². The van der Waals surface area contributed by atoms with Gasteiger partial charge in [0.1, 0.15) is 5.69 Å². The largest absolute Gasteiger partial charge is 0.480 e. The maximum Gasteiger partial charge on any atom is 0.433 e. The molecule has 1 heterocycles. The number of thioether (sulfide) groups is 1. The summed E-state index contributed by atoms with van der Waals surface area (Å²) in [5, 5.41) is 5.56. The predicted octanol–water partition coefficient (Wildman–Crippen LogP) is 3.75. The molecule has 0 unspecified atom stereocenters. The number of nitrogens with one attached hydrogen (secondary N) is 1. The number of aromatic nitrogens is 2. The van der Waals surface area contributed by atoms with E-state index >= 15 is 0 Å². The van der Waals surface area contributed by atoms with E-state index in [-0.39, 0.29) is 17.9 Å². The molecule has 108 valence electrons. The van der Waals surface area contributed by atoms with Crippen LogP contribution < -0.4 is 4.74 Å². The van der Waals surface area contributed by atoms with E-state index in [0.29, 0.717) is 0 Å². The summed E-state index contributed by atoms with van der Waals surface area (Å²) in [6, 6.07) is 7.36. The zero-order valence-electron chi connectivity index (χ0n) is 10.9. The standard InChI is InChI=1S/C13H13F3N2OS/c1-19-12-10(11(17-18-12)13(14,15)16)7-8-3-5-9(20-2)6-4-8/h3-6H,7H2,1-2H3,(H,17,18). The minimum atomic E-state index is -4.47. The predicted molar refractivity (Wildman–Crippen MR) is 71.2 cm³/mol. The summed E-state index contributed by atoms with van der Waals surface area (Å²) in [5.41, 5.74) is -0.0619. The Kier molecular flexibility index (Phi) is 4.27. The molecule has 2 rings (SSSR count). The van der Waals surface area contributed by atoms with E-state index in [4.69, 9.17) is 4.74 Å². The first-order valence-corrected chi connectivity index (χ1v) is 6.99. The van der Waals surface area contributed by atoms with Gasteiger partial charge >= 0.3 is 6.18 Å². The minimum Gasteiger partial charge on any atom is -0.480 e. The number of halogens is 3. The summed E-state index contributed by atoms with van der Waals surface area (Å²) < 4.78 is 43.6. The van der Waals surface area contributed by atoms with Crippen molar-refractivity contribution in [2.75, 3.05) is 13.4 Å². The van der Waals surface area contributed by atoms with Crippen LogP contribution in [-0.2, 0) is 12.6 Å². The molecule has 1 aromatic heterocycles. The van der Waals surface area contributed by atoms with Gasteiger partial charge in [-0.15, -0.1) is 16.9 Å². The van der Waals surface area contributed by atoms with Crippen molar-refractivity contribution < 1.29 is 17.9 Å². The van der Waals surface area contributed by atoms with E-state index < -0.39 is 11.9 Å². The van der Waals surface area contributed by atoms with Gasteiger partial charge in [-0.3, -0.25) is 5.10 Å². The quantitative estimate of drug-likeness (QED) is 0.874. The fourth-order valence-electron chi connectivity index (χ4n) is 1.86. The molecule has 0 aliphatic rings. The maximum absolute atomic E-state index is 12.9. The number of hydrogen-bond acceptors (Lipinski definition) is 3. The lowest BCUT2D eigenvalue weighted by Gasteiger charge is -2.08. The van der Waals surface area contributed by atoms with Crippen LogP contribution in [0.3, 0.4) is 0 Å². The van der Waals surface area contributed by atoms with Crippen LogP contribution in [0.2, 0.25) is 0 Å². The summed E-state index contributed by atoms with van der Waals surface area (Å²) in [5.74, 6) is -0.0220. The second-order valence-electron chi connectivity index (χ2n) is 4.11. The van der Waals surface area contributed by atoms with Crippen molar-refractivity contribution in [3.63, 3.8) is 0 Å². The molecule has 0 amide bonds. The highest BCUT2D eigenvalue weighted by atomic mass is 32.2. The molecular weight excluding hydrogens is 289 g/mol. The second-order valence-corrected chi connectivity index (χ2v) is 4.99. The topological polar surface area (TPSA) is 37.9 Å². The van der Waals surface area contributed by atoms with Crippen molar-refractivity contribution >= 4 is 11.8 Å². The number of benzene rings is 1. The van der Waals surface area contributed by atoms with Crippen molar-refractivity contribution in [1.82, 2.24) is 10.2 Å². The third-order valence-corrected chi connectivity index (χ3v) is 3.59. The van der Waals surface area contributed by atoms with Gasteiger partial charge in [0.2, 0.25) is 5.88 Å². The molecular formula is C13H13F3N2OS. The van der Waals surface area contributed by atoms with Crippen molar-refractivity contribution in [2.24, 2.45) is 0 Å². The highest BCUT2D eigenvalue weighted by Gasteiger charge is 2.37. The second kappa shape index (κ2) is 5.78. The Morgan fingerprint density at radius 1 is 1.25 bits per heavy atom. The van der Waals surface area contributed by atoms with E-state index in [1.54, 1.807) is 23.9 Å². The van der Waals surface area contributed by atoms with Gasteiger partial charge in [-0.05, 0) is 24.0 Å². The van der Waals surface area contributed by atoms with Crippen molar-refractivity contribution in [3.05, 3.63) is 41.1 Å². The number of methoxy groups -OCH3 is 1. The van der Waals surface area contributed by atoms with Crippen LogP contribution in [0, 0.1) is 0 Å². The van der Waals surface area contributed by atoms with Gasteiger partial charge in [-0.1, -0.05) is 12.1 Å². The van der Waals surface area contributed by atoms with Gasteiger partial charge < -0.3 is 4.74 Å². The molecule has 0 spiro atoms. The molecule has 1 aromatic carbocycles. The molecule has 20 heavy (non-hydrogen) atoms. The van der Waals surface area contributed by atoms with Gasteiger partial charge in [-0.2, -0.15) is 13.2 Å². The van der Waals surface area contributed by atoms with Crippen LogP contribution in [0.1, 0.15) is 16.8 Å². The number of hydrogen-bond donors (Lipinski definition) is 1. The summed E-state index contributed by atoms with van der Waals surface area (Å²) in [6.45, 7) is 0. The summed E-state index contributed by atoms with van der Waals surface area (Å²) in [6.07, 6.45) is -2.42. The molecule has 0 saturated heterocycles. The van der Waals surface area contributed by atoms with Gasteiger partial charge in [0.15, 0.2) is 0 Å². The molecule has 1 N–H and O–H groups in total. The molecule has 2 aromatic rings. The van der Waals surface area contributed by atoms with E-state index in [0.717, 1.165) is 10.5 Å². The summed E-state index contributed by atoms with van der Waals surface area (Å²) >= 11 is 1.58. The van der Waals surface area contributed by atoms with Gasteiger partial charge in [-0.25, -0.2) is 0 Å². The Hall–Kier alpha value is -1.63. The lowest BCUT2D eigenvalue weighted by Crippen LogP contribution is -2.09. The third-order valence-electron chi connectivity index (χ3n) is 2.85. The highest BCUT2D eigenvalue weighted by molar-refractivity contribution is 7.98. The van der Waals surface area contributed by atoms with Gasteiger partial charge in [0.25, 0.3) is 0 Å². The average molecular weight is 302 g/mol. The van der Waals surface area contributed by atoms with Crippen LogP contribution >= 0.6 is 11.8 Å². The molecule has 7 heteroatoms. The molecule has 0 saturated carbocycles. The average Bonchev–Trinajstić information content (AvgIpc) is 2.82. The van der Waals surface area contributed by atoms with E-state index in [2.05, 4.69) is 5.10 Å². The normalized spacial score (nSPS) is 11.7. The third kappa shape index (κ3) is 3.09. The Labute approximate surface area is 118 Å². The van der Waals surface area contributed by atoms with E-state index in [1.165, 1.54) is 7.11 Å². The molecule has 3 nitrogen and oxygen atoms in total. The summed E-state index contributed by atoms with van der Waals surface area (Å²) in [7, 11) is 1.30. The molecule has 0 radical (unpaired) electrons. The number of alkyl halides is 3. The Balaban J connectivity index is 2.33. The fraction of sp³-hybridized carbons (Fsp3) is 0.308. The zero-order chi connectivity index (χ0) is 14.8. The number of rotatable bonds is 4. The van der Waals surface area contributed by atoms with E-state index in [1.807, 2.05) is 23.5 Å². The molecule has 0 aliphatic carbocycles. The van der Waals surface area contributed by atoms with E-state index in [9.17, 15) is 13.2 Å². The zero-order valence-corrected chi connectivity index (χ0v) is 11.7. The smallest absolute Gasteiger partial charge is 0.433 e. The Morgan fingerprint density at radius 2 is 1.90 bits per heavy atom. The van der Waals surface area contributed by atoms with Crippen molar-refractivity contribution in [3.8, 4) is 5.88 Å². The molecule has 0 aliphatic heterocycles. The van der Waals surface area contributed by atoms with Crippen LogP contribution in [0.5, 0.6) is 5.88 Å². The number of H-pyrrole nitrogens is 1. The first-order valence-electron chi connectivity index (χ1n) is 5.77. The summed E-state index contributed by atoms with van der Waals surface area (Å²) in [4.78, 5) is 1.06. The van der Waals surface area contributed by atoms with Crippen LogP contribution in [0.4, 0.5) is 13.2 Å². The maximum atomic E-state index is 12.9. The SMILES string of the molecule is COc1n[nH]c(C(F)(F)F)c1Cc1ccc(SC)cc1. The molecule has 0 bridgehead atoms. The van der Waals surface area contributed by atoms with Gasteiger partial charge in [0.05, 0.1) is 12.7 Å². The Bertz CT molecular complexity index is 578. The Morgan fingerprint density at radius 3 is 2.40 bits per heavy atom. The van der Waals surface area contributed by atoms with Crippen LogP contribution in [0.15, 0.2) is 29.2 Å².